The van der Waals surface area contributed by atoms with E-state index in [9.17, 15) is 4.39 Å². The number of hydrogen-bond donors (Lipinski definition) is 1. The Morgan fingerprint density at radius 1 is 1.61 bits per heavy atom. The van der Waals surface area contributed by atoms with Crippen molar-refractivity contribution in [3.63, 3.8) is 0 Å². The van der Waals surface area contributed by atoms with E-state index in [4.69, 9.17) is 22.4 Å². The summed E-state index contributed by atoms with van der Waals surface area (Å²) in [4.78, 5) is 2.61. The molecule has 1 aromatic rings. The summed E-state index contributed by atoms with van der Waals surface area (Å²) in [5.41, 5.74) is 8.30. The molecule has 1 atom stereocenters. The average Bonchev–Trinajstić information content (AvgIpc) is 2.38. The van der Waals surface area contributed by atoms with E-state index < -0.39 is 11.9 Å². The van der Waals surface area contributed by atoms with E-state index in [1.165, 1.54) is 12.1 Å². The van der Waals surface area contributed by atoms with Crippen LogP contribution >= 0.6 is 11.6 Å². The van der Waals surface area contributed by atoms with Crippen LogP contribution in [0.4, 0.5) is 4.39 Å². The van der Waals surface area contributed by atoms with Crippen LogP contribution in [0.3, 0.4) is 0 Å². The van der Waals surface area contributed by atoms with Gasteiger partial charge in [-0.2, -0.15) is 5.26 Å². The van der Waals surface area contributed by atoms with Gasteiger partial charge in [0.15, 0.2) is 0 Å². The number of azide groups is 1. The van der Waals surface area contributed by atoms with Crippen molar-refractivity contribution >= 4 is 11.6 Å². The van der Waals surface area contributed by atoms with E-state index in [1.54, 1.807) is 6.07 Å². The SMILES string of the molecule is N#CC(NCCCN=[N+]=[N-])c1cccc(Cl)c1F. The lowest BCUT2D eigenvalue weighted by Crippen LogP contribution is -2.22. The van der Waals surface area contributed by atoms with Gasteiger partial charge in [-0.05, 0) is 24.6 Å². The highest BCUT2D eigenvalue weighted by Gasteiger charge is 2.15. The molecule has 0 fully saturated rings. The first-order valence-electron chi connectivity index (χ1n) is 5.28. The first kappa shape index (κ1) is 14.3. The van der Waals surface area contributed by atoms with Gasteiger partial charge >= 0.3 is 0 Å². The van der Waals surface area contributed by atoms with Crippen LogP contribution in [0.15, 0.2) is 23.3 Å². The molecule has 0 radical (unpaired) electrons. The monoisotopic (exact) mass is 267 g/mol. The van der Waals surface area contributed by atoms with Gasteiger partial charge in [-0.25, -0.2) is 4.39 Å². The maximum Gasteiger partial charge on any atom is 0.147 e. The Bertz CT molecular complexity index is 493. The van der Waals surface area contributed by atoms with Gasteiger partial charge in [-0.3, -0.25) is 5.32 Å². The van der Waals surface area contributed by atoms with Gasteiger partial charge in [-0.1, -0.05) is 28.8 Å². The molecule has 18 heavy (non-hydrogen) atoms. The smallest absolute Gasteiger partial charge is 0.147 e. The zero-order valence-corrected chi connectivity index (χ0v) is 10.2. The molecule has 1 aromatic carbocycles. The molecule has 0 heterocycles. The quantitative estimate of drug-likeness (QED) is 0.371. The highest BCUT2D eigenvalue weighted by Crippen LogP contribution is 2.22. The Balaban J connectivity index is 2.64. The highest BCUT2D eigenvalue weighted by atomic mass is 35.5. The second kappa shape index (κ2) is 7.51. The summed E-state index contributed by atoms with van der Waals surface area (Å²) in [6, 6.07) is 5.72. The zero-order chi connectivity index (χ0) is 13.4. The normalized spacial score (nSPS) is 11.4. The van der Waals surface area contributed by atoms with Gasteiger partial charge < -0.3 is 0 Å². The Kier molecular flexibility index (Phi) is 5.95. The van der Waals surface area contributed by atoms with E-state index in [1.807, 2.05) is 6.07 Å². The van der Waals surface area contributed by atoms with E-state index in [-0.39, 0.29) is 10.6 Å². The molecule has 7 heteroatoms. The summed E-state index contributed by atoms with van der Waals surface area (Å²) >= 11 is 5.65. The first-order chi connectivity index (χ1) is 8.70. The zero-order valence-electron chi connectivity index (χ0n) is 9.48. The van der Waals surface area contributed by atoms with Crippen molar-refractivity contribution in [1.29, 1.82) is 5.26 Å². The van der Waals surface area contributed by atoms with Gasteiger partial charge in [0, 0.05) is 17.0 Å². The van der Waals surface area contributed by atoms with Crippen LogP contribution in [0, 0.1) is 17.1 Å². The Hall–Kier alpha value is -1.80. The number of hydrogen-bond acceptors (Lipinski definition) is 3. The lowest BCUT2D eigenvalue weighted by Gasteiger charge is -2.12. The van der Waals surface area contributed by atoms with E-state index in [0.717, 1.165) is 0 Å². The van der Waals surface area contributed by atoms with Crippen LogP contribution in [0.25, 0.3) is 10.4 Å². The van der Waals surface area contributed by atoms with Crippen molar-refractivity contribution in [3.8, 4) is 6.07 Å². The molecule has 0 bridgehead atoms. The molecule has 0 amide bonds. The molecule has 0 saturated heterocycles. The number of halogens is 2. The van der Waals surface area contributed by atoms with E-state index >= 15 is 0 Å². The van der Waals surface area contributed by atoms with Crippen molar-refractivity contribution in [3.05, 3.63) is 45.0 Å². The Morgan fingerprint density at radius 3 is 3.06 bits per heavy atom. The number of benzene rings is 1. The molecule has 1 unspecified atom stereocenters. The topological polar surface area (TPSA) is 84.6 Å². The minimum absolute atomic E-state index is 0.0105. The molecule has 94 valence electrons. The third kappa shape index (κ3) is 3.90. The molecular weight excluding hydrogens is 257 g/mol. The molecule has 1 rings (SSSR count). The second-order valence-electron chi connectivity index (χ2n) is 3.47. The minimum Gasteiger partial charge on any atom is -0.298 e. The van der Waals surface area contributed by atoms with Crippen molar-refractivity contribution in [2.24, 2.45) is 5.11 Å². The van der Waals surface area contributed by atoms with E-state index in [0.29, 0.717) is 19.5 Å². The molecule has 0 aliphatic carbocycles. The minimum atomic E-state index is -0.769. The number of nitrogens with zero attached hydrogens (tertiary/aromatic N) is 4. The molecule has 1 N–H and O–H groups in total. The predicted octanol–water partition coefficient (Wildman–Crippen LogP) is 3.33. The van der Waals surface area contributed by atoms with Crippen molar-refractivity contribution in [2.75, 3.05) is 13.1 Å². The maximum absolute atomic E-state index is 13.7. The van der Waals surface area contributed by atoms with Gasteiger partial charge in [-0.15, -0.1) is 0 Å². The van der Waals surface area contributed by atoms with Crippen molar-refractivity contribution < 1.29 is 4.39 Å². The lowest BCUT2D eigenvalue weighted by atomic mass is 10.1. The summed E-state index contributed by atoms with van der Waals surface area (Å²) < 4.78 is 13.7. The van der Waals surface area contributed by atoms with Crippen LogP contribution in [-0.2, 0) is 0 Å². The summed E-state index contributed by atoms with van der Waals surface area (Å²) in [5.74, 6) is -0.590. The predicted molar refractivity (Wildman–Crippen MR) is 66.4 cm³/mol. The molecule has 0 aromatic heterocycles. The molecule has 5 nitrogen and oxygen atoms in total. The van der Waals surface area contributed by atoms with Crippen molar-refractivity contribution in [2.45, 2.75) is 12.5 Å². The summed E-state index contributed by atoms with van der Waals surface area (Å²) in [6.07, 6.45) is 0.574. The second-order valence-corrected chi connectivity index (χ2v) is 3.87. The number of nitrogens with one attached hydrogen (secondary N) is 1. The standard InChI is InChI=1S/C11H11ClFN5/c12-9-4-1-3-8(11(9)13)10(7-14)16-5-2-6-17-18-15/h1,3-4,10,16H,2,5-6H2. The highest BCUT2D eigenvalue weighted by molar-refractivity contribution is 6.30. The average molecular weight is 268 g/mol. The summed E-state index contributed by atoms with van der Waals surface area (Å²) in [7, 11) is 0. The van der Waals surface area contributed by atoms with Crippen LogP contribution in [0.2, 0.25) is 5.02 Å². The largest absolute Gasteiger partial charge is 0.298 e. The number of rotatable bonds is 6. The third-order valence-corrected chi connectivity index (χ3v) is 2.56. The van der Waals surface area contributed by atoms with Gasteiger partial charge in [0.1, 0.15) is 11.9 Å². The van der Waals surface area contributed by atoms with Gasteiger partial charge in [0.2, 0.25) is 0 Å². The molecule has 0 spiro atoms. The fraction of sp³-hybridized carbons (Fsp3) is 0.364. The van der Waals surface area contributed by atoms with Crippen LogP contribution in [0.1, 0.15) is 18.0 Å². The van der Waals surface area contributed by atoms with Crippen LogP contribution in [-0.4, -0.2) is 13.1 Å². The number of nitriles is 1. The maximum atomic E-state index is 13.7. The van der Waals surface area contributed by atoms with Gasteiger partial charge in [0.25, 0.3) is 0 Å². The third-order valence-electron chi connectivity index (χ3n) is 2.27. The molecule has 0 aliphatic rings. The Morgan fingerprint density at radius 2 is 2.39 bits per heavy atom. The fourth-order valence-corrected chi connectivity index (χ4v) is 1.59. The Labute approximate surface area is 109 Å². The lowest BCUT2D eigenvalue weighted by molar-refractivity contribution is 0.556. The van der Waals surface area contributed by atoms with E-state index in [2.05, 4.69) is 15.3 Å². The summed E-state index contributed by atoms with van der Waals surface area (Å²) in [5, 5.41) is 15.2. The fourth-order valence-electron chi connectivity index (χ4n) is 1.41. The van der Waals surface area contributed by atoms with Crippen molar-refractivity contribution in [1.82, 2.24) is 5.32 Å². The molecule has 0 aliphatic heterocycles. The summed E-state index contributed by atoms with van der Waals surface area (Å²) in [6.45, 7) is 0.781. The van der Waals surface area contributed by atoms with Gasteiger partial charge in [0.05, 0.1) is 11.1 Å². The molecular formula is C11H11ClFN5. The molecule has 0 saturated carbocycles. The van der Waals surface area contributed by atoms with Crippen LogP contribution in [0.5, 0.6) is 0 Å². The first-order valence-corrected chi connectivity index (χ1v) is 5.66. The van der Waals surface area contributed by atoms with Crippen LogP contribution < -0.4 is 5.32 Å².